The van der Waals surface area contributed by atoms with Gasteiger partial charge >= 0.3 is 6.18 Å². The molecule has 1 fully saturated rings. The summed E-state index contributed by atoms with van der Waals surface area (Å²) in [7, 11) is 0. The molecule has 5 rings (SSSR count). The molecular weight excluding hydrogens is 623 g/mol. The maximum Gasteiger partial charge on any atom is 0.416 e. The summed E-state index contributed by atoms with van der Waals surface area (Å²) in [6.45, 7) is 4.25. The largest absolute Gasteiger partial charge is 0.492 e. The molecule has 1 N–H and O–H groups in total. The number of alkyl halides is 3. The van der Waals surface area contributed by atoms with E-state index in [0.29, 0.717) is 43.6 Å². The van der Waals surface area contributed by atoms with Crippen molar-refractivity contribution in [3.8, 4) is 5.75 Å². The third-order valence-electron chi connectivity index (χ3n) is 8.10. The first-order valence-corrected chi connectivity index (χ1v) is 15.0. The number of rotatable bonds is 12. The lowest BCUT2D eigenvalue weighted by Crippen LogP contribution is -2.48. The molecule has 1 atom stereocenters. The van der Waals surface area contributed by atoms with Gasteiger partial charge in [-0.2, -0.15) is 18.3 Å². The van der Waals surface area contributed by atoms with E-state index < -0.39 is 29.0 Å². The summed E-state index contributed by atoms with van der Waals surface area (Å²) in [6, 6.07) is 15.0. The van der Waals surface area contributed by atoms with E-state index in [0.717, 1.165) is 30.0 Å². The molecule has 0 spiro atoms. The number of hydrogen-bond acceptors (Lipinski definition) is 7. The molecular formula is C33H35F5N6O3. The quantitative estimate of drug-likeness (QED) is 0.221. The van der Waals surface area contributed by atoms with Crippen molar-refractivity contribution < 1.29 is 36.6 Å². The first-order chi connectivity index (χ1) is 22.4. The van der Waals surface area contributed by atoms with Gasteiger partial charge in [-0.1, -0.05) is 18.2 Å². The number of aromatic nitrogens is 3. The Kier molecular flexibility index (Phi) is 10.4. The Hall–Kier alpha value is -4.56. The Morgan fingerprint density at radius 2 is 1.68 bits per heavy atom. The Labute approximate surface area is 268 Å². The molecule has 14 heteroatoms. The third kappa shape index (κ3) is 8.83. The van der Waals surface area contributed by atoms with Crippen LogP contribution in [0.15, 0.2) is 79.4 Å². The second-order valence-corrected chi connectivity index (χ2v) is 11.5. The number of carbonyl (C=O) groups is 1. The third-order valence-corrected chi connectivity index (χ3v) is 8.10. The van der Waals surface area contributed by atoms with Crippen LogP contribution < -0.4 is 9.64 Å². The normalized spacial score (nSPS) is 15.1. The van der Waals surface area contributed by atoms with E-state index >= 15 is 4.39 Å². The fourth-order valence-electron chi connectivity index (χ4n) is 5.64. The lowest BCUT2D eigenvalue weighted by atomic mass is 9.92. The predicted molar refractivity (Wildman–Crippen MR) is 163 cm³/mol. The molecule has 4 aromatic rings. The summed E-state index contributed by atoms with van der Waals surface area (Å²) < 4.78 is 75.8. The monoisotopic (exact) mass is 658 g/mol. The number of benzene rings is 3. The van der Waals surface area contributed by atoms with Crippen LogP contribution in [-0.4, -0.2) is 81.5 Å². The van der Waals surface area contributed by atoms with Crippen molar-refractivity contribution in [3.63, 3.8) is 0 Å². The molecule has 2 heterocycles. The molecule has 3 aromatic carbocycles. The van der Waals surface area contributed by atoms with E-state index in [-0.39, 0.29) is 44.3 Å². The van der Waals surface area contributed by atoms with Crippen molar-refractivity contribution in [2.75, 3.05) is 50.8 Å². The number of amides is 1. The molecule has 1 saturated heterocycles. The van der Waals surface area contributed by atoms with Crippen molar-refractivity contribution in [1.82, 2.24) is 24.6 Å². The first kappa shape index (κ1) is 33.8. The van der Waals surface area contributed by atoms with Crippen LogP contribution in [0.25, 0.3) is 0 Å². The number of ether oxygens (including phenoxy) is 1. The minimum Gasteiger partial charge on any atom is -0.492 e. The molecule has 250 valence electrons. The van der Waals surface area contributed by atoms with Crippen molar-refractivity contribution in [3.05, 3.63) is 108 Å². The Balaban J connectivity index is 1.32. The van der Waals surface area contributed by atoms with Gasteiger partial charge in [-0.15, -0.1) is 0 Å². The number of piperazine rings is 1. The summed E-state index contributed by atoms with van der Waals surface area (Å²) in [4.78, 5) is 21.2. The summed E-state index contributed by atoms with van der Waals surface area (Å²) in [6.07, 6.45) is -1.89. The summed E-state index contributed by atoms with van der Waals surface area (Å²) >= 11 is 0. The van der Waals surface area contributed by atoms with Crippen molar-refractivity contribution in [1.29, 1.82) is 0 Å². The average Bonchev–Trinajstić information content (AvgIpc) is 3.54. The van der Waals surface area contributed by atoms with Gasteiger partial charge in [0, 0.05) is 70.1 Å². The molecule has 0 saturated carbocycles. The van der Waals surface area contributed by atoms with Crippen molar-refractivity contribution in [2.24, 2.45) is 0 Å². The van der Waals surface area contributed by atoms with Gasteiger partial charge < -0.3 is 19.6 Å². The second-order valence-electron chi connectivity index (χ2n) is 11.5. The fraction of sp³-hybridized carbons (Fsp3) is 0.364. The molecule has 1 aliphatic rings. The van der Waals surface area contributed by atoms with E-state index in [1.807, 2.05) is 29.2 Å². The molecule has 0 aliphatic carbocycles. The highest BCUT2D eigenvalue weighted by molar-refractivity contribution is 5.73. The van der Waals surface area contributed by atoms with E-state index in [1.165, 1.54) is 29.5 Å². The number of halogens is 5. The van der Waals surface area contributed by atoms with Crippen LogP contribution in [-0.2, 0) is 29.7 Å². The smallest absolute Gasteiger partial charge is 0.416 e. The predicted octanol–water partition coefficient (Wildman–Crippen LogP) is 4.71. The lowest BCUT2D eigenvalue weighted by molar-refractivity contribution is -0.137. The van der Waals surface area contributed by atoms with Crippen LogP contribution in [0.5, 0.6) is 5.75 Å². The Morgan fingerprint density at radius 3 is 2.28 bits per heavy atom. The van der Waals surface area contributed by atoms with Crippen LogP contribution in [0.2, 0.25) is 0 Å². The highest BCUT2D eigenvalue weighted by atomic mass is 19.4. The van der Waals surface area contributed by atoms with Gasteiger partial charge in [0.25, 0.3) is 0 Å². The zero-order valence-electron chi connectivity index (χ0n) is 25.7. The Morgan fingerprint density at radius 1 is 0.979 bits per heavy atom. The topological polar surface area (TPSA) is 87.0 Å². The standard InChI is InChI=1S/C33H35F5N6O3/c1-24(45)42-12-14-43(15-13-42)28-7-9-29(10-8-28)47-17-16-41(19-25-2-4-26(5-3-25)33(36,37)38)20-32(46,21-44-23-39-22-40-44)30-11-6-27(34)18-31(30)35/h2-11,18,22-23,46H,12-17,19-21H2,1H3. The molecule has 0 radical (unpaired) electrons. The van der Waals surface area contributed by atoms with E-state index in [9.17, 15) is 27.5 Å². The average molecular weight is 659 g/mol. The molecule has 47 heavy (non-hydrogen) atoms. The number of hydrogen-bond donors (Lipinski definition) is 1. The SMILES string of the molecule is CC(=O)N1CCN(c2ccc(OCCN(Cc3ccc(C(F)(F)F)cc3)CC(O)(Cn3cncn3)c3ccc(F)cc3F)cc2)CC1. The summed E-state index contributed by atoms with van der Waals surface area (Å²) in [5.41, 5.74) is -1.39. The molecule has 9 nitrogen and oxygen atoms in total. The number of anilines is 1. The molecule has 1 unspecified atom stereocenters. The van der Waals surface area contributed by atoms with Gasteiger partial charge in [-0.3, -0.25) is 9.69 Å². The zero-order valence-corrected chi connectivity index (χ0v) is 25.7. The lowest BCUT2D eigenvalue weighted by Gasteiger charge is -2.35. The van der Waals surface area contributed by atoms with Gasteiger partial charge in [0.2, 0.25) is 5.91 Å². The van der Waals surface area contributed by atoms with Gasteiger partial charge in [-0.05, 0) is 48.0 Å². The molecule has 0 bridgehead atoms. The molecule has 1 amide bonds. The number of aliphatic hydroxyl groups is 1. The van der Waals surface area contributed by atoms with Crippen molar-refractivity contribution in [2.45, 2.75) is 31.8 Å². The van der Waals surface area contributed by atoms with E-state index in [1.54, 1.807) is 11.8 Å². The summed E-state index contributed by atoms with van der Waals surface area (Å²) in [5.74, 6) is -1.14. The Bertz CT molecular complexity index is 1610. The fourth-order valence-corrected chi connectivity index (χ4v) is 5.64. The number of carbonyl (C=O) groups excluding carboxylic acids is 1. The highest BCUT2D eigenvalue weighted by Gasteiger charge is 2.36. The maximum absolute atomic E-state index is 15.1. The first-order valence-electron chi connectivity index (χ1n) is 15.0. The zero-order chi connectivity index (χ0) is 33.6. The van der Waals surface area contributed by atoms with Crippen LogP contribution >= 0.6 is 0 Å². The molecule has 1 aromatic heterocycles. The molecule has 1 aliphatic heterocycles. The number of nitrogens with zero attached hydrogens (tertiary/aromatic N) is 6. The van der Waals surface area contributed by atoms with Gasteiger partial charge in [0.1, 0.15) is 42.2 Å². The van der Waals surface area contributed by atoms with Crippen LogP contribution in [0.3, 0.4) is 0 Å². The minimum atomic E-state index is -4.50. The minimum absolute atomic E-state index is 0.0559. The van der Waals surface area contributed by atoms with Crippen LogP contribution in [0.1, 0.15) is 23.6 Å². The van der Waals surface area contributed by atoms with Gasteiger partial charge in [0.05, 0.1) is 12.1 Å². The van der Waals surface area contributed by atoms with E-state index in [4.69, 9.17) is 4.74 Å². The highest BCUT2D eigenvalue weighted by Crippen LogP contribution is 2.31. The van der Waals surface area contributed by atoms with Crippen LogP contribution in [0.4, 0.5) is 27.6 Å². The van der Waals surface area contributed by atoms with Gasteiger partial charge in [-0.25, -0.2) is 18.4 Å². The van der Waals surface area contributed by atoms with Crippen LogP contribution in [0, 0.1) is 11.6 Å². The van der Waals surface area contributed by atoms with Gasteiger partial charge in [0.15, 0.2) is 0 Å². The maximum atomic E-state index is 15.1. The van der Waals surface area contributed by atoms with E-state index in [2.05, 4.69) is 15.0 Å². The van der Waals surface area contributed by atoms with Crippen molar-refractivity contribution >= 4 is 11.6 Å². The second kappa shape index (κ2) is 14.5. The summed E-state index contributed by atoms with van der Waals surface area (Å²) in [5, 5.41) is 16.0.